The van der Waals surface area contributed by atoms with Crippen molar-refractivity contribution < 1.29 is 0 Å². The average Bonchev–Trinajstić information content (AvgIpc) is 1.72. The molecule has 0 fully saturated rings. The topological polar surface area (TPSA) is 0 Å². The van der Waals surface area contributed by atoms with Crippen LogP contribution in [0.25, 0.3) is 0 Å². The van der Waals surface area contributed by atoms with Gasteiger partial charge in [-0.25, -0.2) is 0 Å². The summed E-state index contributed by atoms with van der Waals surface area (Å²) in [6.45, 7) is 0. The minimum atomic E-state index is 2.00. The number of benzene rings is 1. The van der Waals surface area contributed by atoms with Gasteiger partial charge in [-0.05, 0) is 0 Å². The highest BCUT2D eigenvalue weighted by Crippen LogP contribution is 1.79. The van der Waals surface area contributed by atoms with E-state index in [0.717, 1.165) is 0 Å². The van der Waals surface area contributed by atoms with Crippen LogP contribution in [0.4, 0.5) is 0 Å². The lowest BCUT2D eigenvalue weighted by Gasteiger charge is -1.69. The molecule has 0 aliphatic carbocycles. The van der Waals surface area contributed by atoms with Crippen LogP contribution in [0.3, 0.4) is 0 Å². The summed E-state index contributed by atoms with van der Waals surface area (Å²) < 4.78 is 0. The second-order valence-electron chi connectivity index (χ2n) is 1.15. The average molecular weight is 78.1 g/mol. The summed E-state index contributed by atoms with van der Waals surface area (Å²) in [7, 11) is 0. The van der Waals surface area contributed by atoms with Crippen LogP contribution >= 0.6 is 0 Å². The Labute approximate surface area is 37.4 Å². The molecule has 1 rings (SSSR count). The summed E-state index contributed by atoms with van der Waals surface area (Å²) in [5.41, 5.74) is 0. The molecule has 6 heavy (non-hydrogen) atoms. The second kappa shape index (κ2) is 1.61. The lowest BCUT2D eigenvalue weighted by molar-refractivity contribution is 1.72. The molecule has 0 saturated carbocycles. The maximum Gasteiger partial charge on any atom is -0.0623 e. The largest absolute Gasteiger partial charge is 0.0623 e. The molecule has 0 radical (unpaired) electrons. The highest BCUT2D eigenvalue weighted by atomic mass is 13.6. The SMILES string of the molecule is c1cc[12cH]cc1. The predicted molar refractivity (Wildman–Crippen MR) is 26.4 cm³/mol. The summed E-state index contributed by atoms with van der Waals surface area (Å²) >= 11 is 0. The molecular weight excluding hydrogens is 72.1 g/mol. The predicted octanol–water partition coefficient (Wildman–Crippen LogP) is 1.69. The van der Waals surface area contributed by atoms with Crippen LogP contribution in [0.15, 0.2) is 36.4 Å². The Morgan fingerprint density at radius 1 is 0.333 bits per heavy atom. The Bertz CT molecular complexity index is 72.0. The van der Waals surface area contributed by atoms with Crippen LogP contribution in [0.5, 0.6) is 0 Å². The minimum absolute atomic E-state index is 2.00. The highest BCUT2D eigenvalue weighted by molar-refractivity contribution is 4.99. The Balaban J connectivity index is 3.00. The van der Waals surface area contributed by atoms with Gasteiger partial charge in [-0.1, -0.05) is 36.4 Å². The molecule has 0 heterocycles. The molecule has 0 atom stereocenters. The van der Waals surface area contributed by atoms with Gasteiger partial charge in [-0.2, -0.15) is 0 Å². The number of rotatable bonds is 0. The first kappa shape index (κ1) is 3.41. The normalized spacial score (nSPS) is 8.00. The molecule has 0 bridgehead atoms. The minimum Gasteiger partial charge on any atom is -0.0623 e. The molecular formula is C6H6. The van der Waals surface area contributed by atoms with E-state index in [-0.39, 0.29) is 0 Å². The van der Waals surface area contributed by atoms with Crippen LogP contribution in [0.1, 0.15) is 0 Å². The number of hydrogen-bond acceptors (Lipinski definition) is 0. The van der Waals surface area contributed by atoms with Gasteiger partial charge in [0.15, 0.2) is 0 Å². The van der Waals surface area contributed by atoms with Crippen molar-refractivity contribution in [2.75, 3.05) is 0 Å². The second-order valence-corrected chi connectivity index (χ2v) is 1.15. The van der Waals surface area contributed by atoms with Crippen molar-refractivity contribution in [1.29, 1.82) is 0 Å². The zero-order valence-corrected chi connectivity index (χ0v) is 3.46. The van der Waals surface area contributed by atoms with Crippen molar-refractivity contribution in [1.82, 2.24) is 0 Å². The molecule has 30 valence electrons. The van der Waals surface area contributed by atoms with Crippen molar-refractivity contribution in [3.63, 3.8) is 0 Å². The van der Waals surface area contributed by atoms with Gasteiger partial charge in [0.1, 0.15) is 0 Å². The Morgan fingerprint density at radius 3 is 0.667 bits per heavy atom. The molecule has 0 saturated heterocycles. The summed E-state index contributed by atoms with van der Waals surface area (Å²) in [6.07, 6.45) is 0. The fourth-order valence-electron chi connectivity index (χ4n) is 0.385. The Hall–Kier alpha value is -0.780. The monoisotopic (exact) mass is 78.0 g/mol. The Kier molecular flexibility index (Phi) is 0.913. The van der Waals surface area contributed by atoms with E-state index in [2.05, 4.69) is 0 Å². The quantitative estimate of drug-likeness (QED) is 0.443. The summed E-state index contributed by atoms with van der Waals surface area (Å²) in [5.74, 6) is 0. The lowest BCUT2D eigenvalue weighted by Crippen LogP contribution is -1.47. The van der Waals surface area contributed by atoms with Gasteiger partial charge in [-0.3, -0.25) is 0 Å². The van der Waals surface area contributed by atoms with Crippen LogP contribution in [0.2, 0.25) is 0 Å². The van der Waals surface area contributed by atoms with E-state index < -0.39 is 0 Å². The Morgan fingerprint density at radius 2 is 0.500 bits per heavy atom. The third-order valence-corrected chi connectivity index (χ3v) is 0.667. The molecule has 1 aromatic carbocycles. The lowest BCUT2D eigenvalue weighted by atomic mass is 10.4. The summed E-state index contributed by atoms with van der Waals surface area (Å²) in [4.78, 5) is 0. The molecule has 0 N–H and O–H groups in total. The zero-order chi connectivity index (χ0) is 4.24. The van der Waals surface area contributed by atoms with Gasteiger partial charge < -0.3 is 0 Å². The first-order chi connectivity index (χ1) is 3.00. The molecule has 1 aromatic rings. The van der Waals surface area contributed by atoms with Crippen molar-refractivity contribution in [3.05, 3.63) is 36.4 Å². The van der Waals surface area contributed by atoms with Crippen molar-refractivity contribution >= 4 is 0 Å². The van der Waals surface area contributed by atoms with E-state index in [1.54, 1.807) is 0 Å². The fraction of sp³-hybridized carbons (Fsp3) is 0. The van der Waals surface area contributed by atoms with E-state index in [0.29, 0.717) is 0 Å². The molecule has 0 heteroatoms. The molecule has 0 amide bonds. The van der Waals surface area contributed by atoms with Crippen molar-refractivity contribution in [3.8, 4) is 0 Å². The summed E-state index contributed by atoms with van der Waals surface area (Å²) in [5, 5.41) is 0. The van der Waals surface area contributed by atoms with Crippen molar-refractivity contribution in [2.45, 2.75) is 0 Å². The van der Waals surface area contributed by atoms with Gasteiger partial charge in [0.2, 0.25) is 0 Å². The fourth-order valence-corrected chi connectivity index (χ4v) is 0.385. The molecule has 0 aromatic heterocycles. The van der Waals surface area contributed by atoms with Gasteiger partial charge in [0.25, 0.3) is 0 Å². The molecule has 0 aliphatic heterocycles. The maximum absolute atomic E-state index is 2.00. The smallest absolute Gasteiger partial charge is 0.0623 e. The highest BCUT2D eigenvalue weighted by Gasteiger charge is 1.57. The van der Waals surface area contributed by atoms with E-state index in [1.807, 2.05) is 36.4 Å². The molecule has 0 nitrogen and oxygen atoms in total. The van der Waals surface area contributed by atoms with Gasteiger partial charge >= 0.3 is 0 Å². The van der Waals surface area contributed by atoms with Gasteiger partial charge in [-0.15, -0.1) is 0 Å². The van der Waals surface area contributed by atoms with Crippen LogP contribution in [-0.4, -0.2) is 0 Å². The number of hydrogen-bond donors (Lipinski definition) is 0. The van der Waals surface area contributed by atoms with Crippen LogP contribution in [0, 0.1) is 0 Å². The zero-order valence-electron chi connectivity index (χ0n) is 3.46. The molecule has 0 spiro atoms. The standard InChI is InChI=1S/C6H6/c1-2-4-6-5-3-1/h1-6H/i1+0. The van der Waals surface area contributed by atoms with E-state index in [1.165, 1.54) is 0 Å². The van der Waals surface area contributed by atoms with Gasteiger partial charge in [0, 0.05) is 0 Å². The van der Waals surface area contributed by atoms with Gasteiger partial charge in [0.05, 0.1) is 0 Å². The van der Waals surface area contributed by atoms with E-state index in [4.69, 9.17) is 0 Å². The van der Waals surface area contributed by atoms with Crippen molar-refractivity contribution in [2.24, 2.45) is 0 Å². The third-order valence-electron chi connectivity index (χ3n) is 0.667. The molecule has 0 unspecified atom stereocenters. The third kappa shape index (κ3) is 0.582. The molecule has 0 aliphatic rings. The maximum atomic E-state index is 2.00. The van der Waals surface area contributed by atoms with E-state index >= 15 is 0 Å². The first-order valence-corrected chi connectivity index (χ1v) is 2.00. The summed E-state index contributed by atoms with van der Waals surface area (Å²) in [6, 6.07) is 12.0. The van der Waals surface area contributed by atoms with E-state index in [9.17, 15) is 0 Å². The first-order valence-electron chi connectivity index (χ1n) is 2.00. The van der Waals surface area contributed by atoms with Crippen LogP contribution < -0.4 is 0 Å². The van der Waals surface area contributed by atoms with Crippen LogP contribution in [-0.2, 0) is 0 Å².